The van der Waals surface area contributed by atoms with Crippen LogP contribution < -0.4 is 0 Å². The molecule has 0 aromatic heterocycles. The molecule has 0 spiro atoms. The van der Waals surface area contributed by atoms with Gasteiger partial charge < -0.3 is 0 Å². The number of fused-ring (bicyclic) bond motifs is 2. The minimum Gasteiger partial charge on any atom is -0.145 e. The Balaban J connectivity index is 0.000000150. The molecule has 4 saturated carbocycles. The second-order valence-corrected chi connectivity index (χ2v) is 14.5. The molecule has 0 heterocycles. The van der Waals surface area contributed by atoms with Crippen LogP contribution in [0.25, 0.3) is 21.5 Å². The first kappa shape index (κ1) is 31.2. The third-order valence-electron chi connectivity index (χ3n) is 11.9. The first-order valence-corrected chi connectivity index (χ1v) is 18.2. The minimum atomic E-state index is 0. The predicted octanol–water partition coefficient (Wildman–Crippen LogP) is 13.3. The molecule has 0 nitrogen and oxygen atoms in total. The first-order valence-electron chi connectivity index (χ1n) is 18.2. The zero-order chi connectivity index (χ0) is 28.1. The van der Waals surface area contributed by atoms with Gasteiger partial charge in [-0.05, 0) is 49.4 Å². The van der Waals surface area contributed by atoms with E-state index in [0.29, 0.717) is 0 Å². The molecule has 0 atom stereocenters. The van der Waals surface area contributed by atoms with Crippen LogP contribution in [-0.2, 0) is 16.8 Å². The third-order valence-corrected chi connectivity index (χ3v) is 11.9. The summed E-state index contributed by atoms with van der Waals surface area (Å²) in [6.07, 6.45) is 28.6. The summed E-state index contributed by atoms with van der Waals surface area (Å²) in [6, 6.07) is 23.7. The molecular formula is C42H54Co-2. The maximum atomic E-state index is 2.62. The zero-order valence-corrected chi connectivity index (χ0v) is 27.6. The van der Waals surface area contributed by atoms with Gasteiger partial charge in [0.25, 0.3) is 0 Å². The SMILES string of the molecule is [Co].c1cc[c-]2c(C3CCCCC3)cc(C3CCCCC3)c2c1.c1cc[c-]2c(C3CCCCC3)cc(C3CCCCC3)c2c1. The van der Waals surface area contributed by atoms with Crippen LogP contribution in [0, 0.1) is 0 Å². The summed E-state index contributed by atoms with van der Waals surface area (Å²) in [6.45, 7) is 0. The summed E-state index contributed by atoms with van der Waals surface area (Å²) in [5.74, 6) is 3.34. The molecule has 0 unspecified atom stereocenters. The van der Waals surface area contributed by atoms with Crippen molar-refractivity contribution in [2.75, 3.05) is 0 Å². The monoisotopic (exact) mass is 617 g/mol. The second kappa shape index (κ2) is 15.0. The minimum absolute atomic E-state index is 0. The smallest absolute Gasteiger partial charge is 0 e. The molecule has 43 heavy (non-hydrogen) atoms. The van der Waals surface area contributed by atoms with Crippen molar-refractivity contribution >= 4 is 21.5 Å². The summed E-state index contributed by atoms with van der Waals surface area (Å²) in [5.41, 5.74) is 6.74. The van der Waals surface area contributed by atoms with Crippen molar-refractivity contribution in [1.29, 1.82) is 0 Å². The normalized spacial score (nSPS) is 21.4. The Labute approximate surface area is 272 Å². The molecule has 0 aliphatic heterocycles. The van der Waals surface area contributed by atoms with Crippen LogP contribution in [0.15, 0.2) is 60.7 Å². The van der Waals surface area contributed by atoms with E-state index in [1.165, 1.54) is 128 Å². The third kappa shape index (κ3) is 6.89. The quantitative estimate of drug-likeness (QED) is 0.200. The summed E-state index contributed by atoms with van der Waals surface area (Å²) in [4.78, 5) is 0. The van der Waals surface area contributed by atoms with Crippen LogP contribution in [0.2, 0.25) is 0 Å². The van der Waals surface area contributed by atoms with Crippen molar-refractivity contribution in [1.82, 2.24) is 0 Å². The van der Waals surface area contributed by atoms with Gasteiger partial charge in [0, 0.05) is 16.8 Å². The van der Waals surface area contributed by atoms with Crippen molar-refractivity contribution in [2.45, 2.75) is 152 Å². The number of rotatable bonds is 4. The Kier molecular flexibility index (Phi) is 10.8. The van der Waals surface area contributed by atoms with E-state index >= 15 is 0 Å². The molecule has 1 radical (unpaired) electrons. The molecule has 0 bridgehead atoms. The summed E-state index contributed by atoms with van der Waals surface area (Å²) in [5, 5.41) is 6.30. The van der Waals surface area contributed by atoms with Crippen molar-refractivity contribution in [3.05, 3.63) is 82.9 Å². The summed E-state index contributed by atoms with van der Waals surface area (Å²) >= 11 is 0. The summed E-state index contributed by atoms with van der Waals surface area (Å²) in [7, 11) is 0. The van der Waals surface area contributed by atoms with Crippen LogP contribution in [0.5, 0.6) is 0 Å². The van der Waals surface area contributed by atoms with E-state index in [1.54, 1.807) is 43.8 Å². The van der Waals surface area contributed by atoms with Gasteiger partial charge in [-0.1, -0.05) is 114 Å². The maximum absolute atomic E-state index is 2.62. The fourth-order valence-corrected chi connectivity index (χ4v) is 9.62. The standard InChI is InChI=1S/2C21H27.Co/c2*1-3-9-16(10-4-1)20-15-21(17-11-5-2-6-12-17)19-14-8-7-13-18(19)20;/h2*7-8,13-17H,1-6,9-12H2;/q2*-1;. The van der Waals surface area contributed by atoms with Crippen LogP contribution in [0.1, 0.15) is 174 Å². The van der Waals surface area contributed by atoms with Gasteiger partial charge in [-0.15, -0.1) is 93.7 Å². The fourth-order valence-electron chi connectivity index (χ4n) is 9.62. The Morgan fingerprint density at radius 2 is 0.721 bits per heavy atom. The van der Waals surface area contributed by atoms with E-state index in [-0.39, 0.29) is 16.8 Å². The van der Waals surface area contributed by atoms with Crippen molar-refractivity contribution in [3.8, 4) is 0 Å². The second-order valence-electron chi connectivity index (χ2n) is 14.5. The molecule has 4 aromatic rings. The fraction of sp³-hybridized carbons (Fsp3) is 0.571. The van der Waals surface area contributed by atoms with Gasteiger partial charge in [0.2, 0.25) is 0 Å². The molecule has 8 rings (SSSR count). The van der Waals surface area contributed by atoms with Crippen LogP contribution in [-0.4, -0.2) is 0 Å². The average Bonchev–Trinajstić information content (AvgIpc) is 3.67. The summed E-state index contributed by atoms with van der Waals surface area (Å²) < 4.78 is 0. The molecule has 4 aromatic carbocycles. The zero-order valence-electron chi connectivity index (χ0n) is 26.6. The Bertz CT molecular complexity index is 1200. The molecule has 1 heteroatoms. The Hall–Kier alpha value is -1.83. The van der Waals surface area contributed by atoms with Crippen molar-refractivity contribution < 1.29 is 16.8 Å². The Morgan fingerprint density at radius 1 is 0.395 bits per heavy atom. The van der Waals surface area contributed by atoms with Crippen molar-refractivity contribution in [3.63, 3.8) is 0 Å². The molecule has 0 saturated heterocycles. The molecule has 0 amide bonds. The first-order chi connectivity index (χ1) is 20.9. The maximum Gasteiger partial charge on any atom is 0 e. The van der Waals surface area contributed by atoms with E-state index < -0.39 is 0 Å². The van der Waals surface area contributed by atoms with Gasteiger partial charge in [-0.3, -0.25) is 0 Å². The van der Waals surface area contributed by atoms with Gasteiger partial charge in [0.05, 0.1) is 0 Å². The predicted molar refractivity (Wildman–Crippen MR) is 182 cm³/mol. The van der Waals surface area contributed by atoms with Gasteiger partial charge in [0.15, 0.2) is 0 Å². The van der Waals surface area contributed by atoms with E-state index in [4.69, 9.17) is 0 Å². The number of benzene rings is 2. The van der Waals surface area contributed by atoms with Gasteiger partial charge in [-0.2, -0.15) is 0 Å². The number of hydrogen-bond acceptors (Lipinski definition) is 0. The molecule has 4 aliphatic rings. The van der Waals surface area contributed by atoms with E-state index in [9.17, 15) is 0 Å². The van der Waals surface area contributed by atoms with E-state index in [0.717, 1.165) is 23.7 Å². The topological polar surface area (TPSA) is 0 Å². The van der Waals surface area contributed by atoms with Crippen LogP contribution >= 0.6 is 0 Å². The molecular weight excluding hydrogens is 563 g/mol. The van der Waals surface area contributed by atoms with Gasteiger partial charge >= 0.3 is 0 Å². The molecule has 0 N–H and O–H groups in total. The van der Waals surface area contributed by atoms with Crippen molar-refractivity contribution in [2.24, 2.45) is 0 Å². The molecule has 4 fully saturated rings. The molecule has 4 aliphatic carbocycles. The number of hydrogen-bond donors (Lipinski definition) is 0. The van der Waals surface area contributed by atoms with Gasteiger partial charge in [-0.25, -0.2) is 0 Å². The van der Waals surface area contributed by atoms with Crippen LogP contribution in [0.3, 0.4) is 0 Å². The van der Waals surface area contributed by atoms with Gasteiger partial charge in [0.1, 0.15) is 0 Å². The van der Waals surface area contributed by atoms with Crippen LogP contribution in [0.4, 0.5) is 0 Å². The average molecular weight is 618 g/mol. The Morgan fingerprint density at radius 3 is 1.07 bits per heavy atom. The van der Waals surface area contributed by atoms with E-state index in [2.05, 4.69) is 60.7 Å². The van der Waals surface area contributed by atoms with E-state index in [1.807, 2.05) is 0 Å². The molecule has 233 valence electrons. The largest absolute Gasteiger partial charge is 0.145 e.